The quantitative estimate of drug-likeness (QED) is 0.830. The first-order chi connectivity index (χ1) is 9.08. The van der Waals surface area contributed by atoms with Gasteiger partial charge in [0.25, 0.3) is 0 Å². The van der Waals surface area contributed by atoms with Gasteiger partial charge in [-0.25, -0.2) is 0 Å². The summed E-state index contributed by atoms with van der Waals surface area (Å²) >= 11 is 0. The van der Waals surface area contributed by atoms with E-state index < -0.39 is 0 Å². The molecule has 3 saturated heterocycles. The molecule has 2 bridgehead atoms. The van der Waals surface area contributed by atoms with Gasteiger partial charge in [-0.2, -0.15) is 0 Å². The van der Waals surface area contributed by atoms with E-state index in [0.717, 1.165) is 32.4 Å². The monoisotopic (exact) mass is 257 g/mol. The van der Waals surface area contributed by atoms with Gasteiger partial charge in [0, 0.05) is 5.92 Å². The molecular formula is C17H23NO. The van der Waals surface area contributed by atoms with Crippen molar-refractivity contribution in [3.8, 4) is 0 Å². The van der Waals surface area contributed by atoms with Crippen LogP contribution in [0.1, 0.15) is 32.3 Å². The van der Waals surface area contributed by atoms with Crippen LogP contribution in [0.4, 0.5) is 0 Å². The van der Waals surface area contributed by atoms with Gasteiger partial charge in [-0.15, -0.1) is 0 Å². The third-order valence-corrected chi connectivity index (χ3v) is 4.81. The fraction of sp³-hybridized carbons (Fsp3) is 0.588. The molecule has 3 heterocycles. The summed E-state index contributed by atoms with van der Waals surface area (Å²) in [5, 5.41) is 0. The molecule has 0 radical (unpaired) electrons. The van der Waals surface area contributed by atoms with Crippen LogP contribution in [0.3, 0.4) is 0 Å². The van der Waals surface area contributed by atoms with Gasteiger partial charge in [-0.1, -0.05) is 44.2 Å². The van der Waals surface area contributed by atoms with Crippen LogP contribution in [0.15, 0.2) is 30.3 Å². The fourth-order valence-electron chi connectivity index (χ4n) is 3.94. The van der Waals surface area contributed by atoms with Crippen LogP contribution in [-0.4, -0.2) is 29.8 Å². The van der Waals surface area contributed by atoms with E-state index >= 15 is 0 Å². The first kappa shape index (κ1) is 12.9. The molecule has 0 aliphatic carbocycles. The van der Waals surface area contributed by atoms with Gasteiger partial charge >= 0.3 is 0 Å². The van der Waals surface area contributed by atoms with Crippen molar-refractivity contribution in [2.45, 2.75) is 39.2 Å². The van der Waals surface area contributed by atoms with Crippen LogP contribution in [0.5, 0.6) is 0 Å². The Bertz CT molecular complexity index is 457. The molecule has 0 N–H and O–H groups in total. The van der Waals surface area contributed by atoms with Crippen molar-refractivity contribution in [2.24, 2.45) is 11.3 Å². The van der Waals surface area contributed by atoms with Crippen LogP contribution < -0.4 is 0 Å². The molecule has 0 saturated carbocycles. The third kappa shape index (κ3) is 2.34. The molecule has 102 valence electrons. The van der Waals surface area contributed by atoms with Gasteiger partial charge in [0.15, 0.2) is 5.78 Å². The Balaban J connectivity index is 1.82. The van der Waals surface area contributed by atoms with E-state index in [1.807, 2.05) is 6.07 Å². The number of rotatable bonds is 3. The van der Waals surface area contributed by atoms with Gasteiger partial charge in [-0.05, 0) is 43.3 Å². The molecule has 2 nitrogen and oxygen atoms in total. The summed E-state index contributed by atoms with van der Waals surface area (Å²) in [6, 6.07) is 10.7. The lowest BCUT2D eigenvalue weighted by Crippen LogP contribution is -2.61. The van der Waals surface area contributed by atoms with Crippen LogP contribution in [-0.2, 0) is 11.2 Å². The van der Waals surface area contributed by atoms with Gasteiger partial charge in [0.05, 0.1) is 6.04 Å². The molecule has 1 unspecified atom stereocenters. The normalized spacial score (nSPS) is 30.6. The van der Waals surface area contributed by atoms with E-state index in [4.69, 9.17) is 0 Å². The molecule has 0 amide bonds. The first-order valence-corrected chi connectivity index (χ1v) is 7.40. The summed E-state index contributed by atoms with van der Waals surface area (Å²) in [6.07, 6.45) is 3.14. The summed E-state index contributed by atoms with van der Waals surface area (Å²) < 4.78 is 0. The number of ketones is 1. The number of hydrogen-bond acceptors (Lipinski definition) is 2. The zero-order valence-corrected chi connectivity index (χ0v) is 11.9. The summed E-state index contributed by atoms with van der Waals surface area (Å²) in [5.41, 5.74) is 1.36. The standard InChI is InChI=1S/C17H23NO/c1-17(2,12-13-6-4-3-5-7-13)16-15(19)14-8-10-18(16)11-9-14/h3-7,14,16H,8-12H2,1-2H3. The second-order valence-electron chi connectivity index (χ2n) is 6.77. The third-order valence-electron chi connectivity index (χ3n) is 4.81. The summed E-state index contributed by atoms with van der Waals surface area (Å²) in [5.74, 6) is 0.837. The Kier molecular flexibility index (Phi) is 3.22. The van der Waals surface area contributed by atoms with Gasteiger partial charge in [0.1, 0.15) is 0 Å². The molecule has 3 aliphatic heterocycles. The number of hydrogen-bond donors (Lipinski definition) is 0. The van der Waals surface area contributed by atoms with Crippen molar-refractivity contribution in [1.29, 1.82) is 0 Å². The molecule has 1 atom stereocenters. The molecule has 3 fully saturated rings. The highest BCUT2D eigenvalue weighted by atomic mass is 16.1. The van der Waals surface area contributed by atoms with Crippen LogP contribution in [0, 0.1) is 11.3 Å². The number of piperidine rings is 3. The Morgan fingerprint density at radius 2 is 1.79 bits per heavy atom. The molecule has 4 rings (SSSR count). The van der Waals surface area contributed by atoms with Crippen LogP contribution in [0.2, 0.25) is 0 Å². The van der Waals surface area contributed by atoms with Crippen molar-refractivity contribution >= 4 is 5.78 Å². The van der Waals surface area contributed by atoms with Crippen molar-refractivity contribution in [1.82, 2.24) is 4.90 Å². The lowest BCUT2D eigenvalue weighted by molar-refractivity contribution is -0.143. The molecule has 0 aromatic heterocycles. The number of fused-ring (bicyclic) bond motifs is 3. The van der Waals surface area contributed by atoms with Gasteiger partial charge in [0.2, 0.25) is 0 Å². The number of carbonyl (C=O) groups is 1. The van der Waals surface area contributed by atoms with E-state index in [-0.39, 0.29) is 11.5 Å². The highest BCUT2D eigenvalue weighted by Gasteiger charge is 2.47. The van der Waals surface area contributed by atoms with Crippen molar-refractivity contribution < 1.29 is 4.79 Å². The van der Waals surface area contributed by atoms with Gasteiger partial charge < -0.3 is 0 Å². The predicted octanol–water partition coefficient (Wildman–Crippen LogP) is 2.92. The molecule has 1 aromatic carbocycles. The van der Waals surface area contributed by atoms with Crippen molar-refractivity contribution in [2.75, 3.05) is 13.1 Å². The van der Waals surface area contributed by atoms with Gasteiger partial charge in [-0.3, -0.25) is 9.69 Å². The second kappa shape index (κ2) is 4.75. The zero-order valence-electron chi connectivity index (χ0n) is 11.9. The Morgan fingerprint density at radius 3 is 2.37 bits per heavy atom. The smallest absolute Gasteiger partial charge is 0.153 e. The minimum absolute atomic E-state index is 0.0253. The maximum atomic E-state index is 12.6. The van der Waals surface area contributed by atoms with E-state index in [0.29, 0.717) is 11.7 Å². The van der Waals surface area contributed by atoms with Crippen molar-refractivity contribution in [3.63, 3.8) is 0 Å². The highest BCUT2D eigenvalue weighted by molar-refractivity contribution is 5.88. The maximum Gasteiger partial charge on any atom is 0.153 e. The van der Waals surface area contributed by atoms with E-state index in [2.05, 4.69) is 43.0 Å². The Hall–Kier alpha value is -1.15. The Morgan fingerprint density at radius 1 is 1.16 bits per heavy atom. The zero-order chi connectivity index (χ0) is 13.5. The number of carbonyl (C=O) groups excluding carboxylic acids is 1. The lowest BCUT2D eigenvalue weighted by atomic mass is 9.69. The predicted molar refractivity (Wildman–Crippen MR) is 77.0 cm³/mol. The van der Waals surface area contributed by atoms with Crippen molar-refractivity contribution in [3.05, 3.63) is 35.9 Å². The molecule has 1 aromatic rings. The molecule has 2 heteroatoms. The number of benzene rings is 1. The molecule has 19 heavy (non-hydrogen) atoms. The highest BCUT2D eigenvalue weighted by Crippen LogP contribution is 2.39. The molecular weight excluding hydrogens is 234 g/mol. The first-order valence-electron chi connectivity index (χ1n) is 7.40. The average molecular weight is 257 g/mol. The Labute approximate surface area is 115 Å². The minimum Gasteiger partial charge on any atom is -0.298 e. The summed E-state index contributed by atoms with van der Waals surface area (Å²) in [6.45, 7) is 6.73. The summed E-state index contributed by atoms with van der Waals surface area (Å²) in [4.78, 5) is 15.0. The fourth-order valence-corrected chi connectivity index (χ4v) is 3.94. The molecule has 3 aliphatic rings. The summed E-state index contributed by atoms with van der Waals surface area (Å²) in [7, 11) is 0. The largest absolute Gasteiger partial charge is 0.298 e. The van der Waals surface area contributed by atoms with Crippen LogP contribution in [0.25, 0.3) is 0 Å². The van der Waals surface area contributed by atoms with E-state index in [1.165, 1.54) is 5.56 Å². The second-order valence-corrected chi connectivity index (χ2v) is 6.77. The topological polar surface area (TPSA) is 20.3 Å². The molecule has 0 spiro atoms. The van der Waals surface area contributed by atoms with E-state index in [1.54, 1.807) is 0 Å². The SMILES string of the molecule is CC(C)(Cc1ccccc1)C1C(=O)C2CCN1CC2. The van der Waals surface area contributed by atoms with Crippen LogP contribution >= 0.6 is 0 Å². The average Bonchev–Trinajstić information content (AvgIpc) is 2.40. The number of nitrogens with zero attached hydrogens (tertiary/aromatic N) is 1. The van der Waals surface area contributed by atoms with E-state index in [9.17, 15) is 4.79 Å². The maximum absolute atomic E-state index is 12.6. The minimum atomic E-state index is 0.0253. The lowest BCUT2D eigenvalue weighted by Gasteiger charge is -2.50. The number of Topliss-reactive ketones (excluding diaryl/α,β-unsaturated/α-hetero) is 1.